The van der Waals surface area contributed by atoms with Gasteiger partial charge in [0, 0.05) is 18.3 Å². The Morgan fingerprint density at radius 1 is 1.37 bits per heavy atom. The Labute approximate surface area is 115 Å². The van der Waals surface area contributed by atoms with Crippen LogP contribution in [-0.4, -0.2) is 28.1 Å². The van der Waals surface area contributed by atoms with Gasteiger partial charge in [-0.15, -0.1) is 0 Å². The van der Waals surface area contributed by atoms with Gasteiger partial charge in [0.15, 0.2) is 0 Å². The first-order valence-electron chi connectivity index (χ1n) is 6.47. The van der Waals surface area contributed by atoms with Gasteiger partial charge in [0.2, 0.25) is 10.0 Å². The summed E-state index contributed by atoms with van der Waals surface area (Å²) in [6.07, 6.45) is 1.02. The first-order chi connectivity index (χ1) is 8.87. The van der Waals surface area contributed by atoms with Crippen molar-refractivity contribution >= 4 is 21.4 Å². The number of nitrogens with zero attached hydrogens (tertiary/aromatic N) is 1. The number of nitrogen functional groups attached to an aromatic ring is 1. The van der Waals surface area contributed by atoms with E-state index in [0.29, 0.717) is 6.04 Å². The third-order valence-electron chi connectivity index (χ3n) is 3.35. The second kappa shape index (κ2) is 6.25. The molecule has 0 bridgehead atoms. The molecule has 0 amide bonds. The lowest BCUT2D eigenvalue weighted by atomic mass is 10.1. The van der Waals surface area contributed by atoms with E-state index in [1.807, 2.05) is 0 Å². The van der Waals surface area contributed by atoms with E-state index in [9.17, 15) is 8.42 Å². The molecule has 3 N–H and O–H groups in total. The van der Waals surface area contributed by atoms with Crippen LogP contribution in [0.1, 0.15) is 27.2 Å². The maximum absolute atomic E-state index is 11.8. The molecule has 0 heterocycles. The van der Waals surface area contributed by atoms with Crippen molar-refractivity contribution < 1.29 is 8.42 Å². The highest BCUT2D eigenvalue weighted by Crippen LogP contribution is 2.26. The molecule has 108 valence electrons. The van der Waals surface area contributed by atoms with Crippen LogP contribution in [0.25, 0.3) is 0 Å². The highest BCUT2D eigenvalue weighted by Gasteiger charge is 2.18. The summed E-state index contributed by atoms with van der Waals surface area (Å²) in [6, 6.07) is 5.47. The summed E-state index contributed by atoms with van der Waals surface area (Å²) in [6.45, 7) is 7.18. The van der Waals surface area contributed by atoms with E-state index in [4.69, 9.17) is 5.73 Å². The van der Waals surface area contributed by atoms with E-state index in [2.05, 4.69) is 30.4 Å². The molecule has 1 unspecified atom stereocenters. The maximum Gasteiger partial charge on any atom is 0.242 e. The van der Waals surface area contributed by atoms with Crippen LogP contribution in [0.2, 0.25) is 0 Å². The minimum atomic E-state index is -3.50. The Balaban J connectivity index is 3.19. The molecular formula is C13H23N3O2S. The minimum absolute atomic E-state index is 0.124. The molecule has 0 aliphatic rings. The van der Waals surface area contributed by atoms with Gasteiger partial charge in [-0.1, -0.05) is 6.92 Å². The van der Waals surface area contributed by atoms with Gasteiger partial charge in [-0.05, 0) is 45.5 Å². The van der Waals surface area contributed by atoms with Crippen molar-refractivity contribution in [1.82, 2.24) is 4.72 Å². The maximum atomic E-state index is 11.8. The molecule has 1 rings (SSSR count). The smallest absolute Gasteiger partial charge is 0.242 e. The predicted octanol–water partition coefficient (Wildman–Crippen LogP) is 1.80. The summed E-state index contributed by atoms with van der Waals surface area (Å²) in [5.74, 6) is 0. The first-order valence-corrected chi connectivity index (χ1v) is 7.95. The second-order valence-corrected chi connectivity index (χ2v) is 6.33. The van der Waals surface area contributed by atoms with Crippen LogP contribution in [-0.2, 0) is 10.0 Å². The lowest BCUT2D eigenvalue weighted by Gasteiger charge is -2.30. The average molecular weight is 285 g/mol. The molecule has 1 aromatic rings. The van der Waals surface area contributed by atoms with E-state index in [0.717, 1.165) is 18.7 Å². The zero-order valence-electron chi connectivity index (χ0n) is 12.0. The van der Waals surface area contributed by atoms with Gasteiger partial charge in [-0.2, -0.15) is 0 Å². The Kier molecular flexibility index (Phi) is 5.20. The minimum Gasteiger partial charge on any atom is -0.398 e. The number of rotatable bonds is 6. The zero-order chi connectivity index (χ0) is 14.6. The normalized spacial score (nSPS) is 13.3. The molecule has 0 saturated carbocycles. The van der Waals surface area contributed by atoms with Gasteiger partial charge in [0.25, 0.3) is 0 Å². The molecule has 0 spiro atoms. The van der Waals surface area contributed by atoms with Crippen LogP contribution < -0.4 is 15.4 Å². The fourth-order valence-corrected chi connectivity index (χ4v) is 2.87. The second-order valence-electron chi connectivity index (χ2n) is 4.47. The van der Waals surface area contributed by atoms with Crippen LogP contribution >= 0.6 is 0 Å². The fraction of sp³-hybridized carbons (Fsp3) is 0.538. The first kappa shape index (κ1) is 15.8. The largest absolute Gasteiger partial charge is 0.398 e. The standard InChI is InChI=1S/C13H23N3O2S/c1-5-10(3)16(6-2)11-7-8-13(12(14)9-11)19(17,18)15-4/h7-10,15H,5-6,14H2,1-4H3. The van der Waals surface area contributed by atoms with E-state index in [1.165, 1.54) is 7.05 Å². The van der Waals surface area contributed by atoms with Crippen molar-refractivity contribution in [2.24, 2.45) is 0 Å². The third-order valence-corrected chi connectivity index (χ3v) is 4.84. The van der Waals surface area contributed by atoms with Gasteiger partial charge in [-0.3, -0.25) is 0 Å². The van der Waals surface area contributed by atoms with Gasteiger partial charge in [0.1, 0.15) is 4.90 Å². The van der Waals surface area contributed by atoms with Gasteiger partial charge >= 0.3 is 0 Å². The Morgan fingerprint density at radius 2 is 2.00 bits per heavy atom. The van der Waals surface area contributed by atoms with Crippen LogP contribution in [0.5, 0.6) is 0 Å². The lowest BCUT2D eigenvalue weighted by molar-refractivity contribution is 0.588. The molecular weight excluding hydrogens is 262 g/mol. The number of hydrogen-bond donors (Lipinski definition) is 2. The predicted molar refractivity (Wildman–Crippen MR) is 79.9 cm³/mol. The molecule has 1 aromatic carbocycles. The van der Waals surface area contributed by atoms with Gasteiger partial charge in [0.05, 0.1) is 5.69 Å². The average Bonchev–Trinajstić information content (AvgIpc) is 2.39. The summed E-state index contributed by atoms with van der Waals surface area (Å²) < 4.78 is 25.8. The van der Waals surface area contributed by atoms with E-state index in [1.54, 1.807) is 18.2 Å². The molecule has 6 heteroatoms. The molecule has 1 atom stereocenters. The molecule has 0 aliphatic heterocycles. The summed E-state index contributed by atoms with van der Waals surface area (Å²) in [5, 5.41) is 0. The number of hydrogen-bond acceptors (Lipinski definition) is 4. The topological polar surface area (TPSA) is 75.4 Å². The number of sulfonamides is 1. The van der Waals surface area contributed by atoms with E-state index in [-0.39, 0.29) is 10.6 Å². The van der Waals surface area contributed by atoms with Crippen molar-refractivity contribution in [2.75, 3.05) is 24.2 Å². The van der Waals surface area contributed by atoms with Crippen molar-refractivity contribution in [3.05, 3.63) is 18.2 Å². The monoisotopic (exact) mass is 285 g/mol. The molecule has 0 saturated heterocycles. The number of anilines is 2. The fourth-order valence-electron chi connectivity index (χ4n) is 2.04. The Hall–Kier alpha value is -1.27. The van der Waals surface area contributed by atoms with E-state index < -0.39 is 10.0 Å². The van der Waals surface area contributed by atoms with E-state index >= 15 is 0 Å². The van der Waals surface area contributed by atoms with Crippen LogP contribution in [0.15, 0.2) is 23.1 Å². The number of nitrogens with one attached hydrogen (secondary N) is 1. The zero-order valence-corrected chi connectivity index (χ0v) is 12.8. The Bertz CT molecular complexity index is 529. The highest BCUT2D eigenvalue weighted by atomic mass is 32.2. The lowest BCUT2D eigenvalue weighted by Crippen LogP contribution is -2.32. The van der Waals surface area contributed by atoms with Crippen molar-refractivity contribution in [1.29, 1.82) is 0 Å². The number of nitrogens with two attached hydrogens (primary N) is 1. The molecule has 0 aliphatic carbocycles. The third kappa shape index (κ3) is 3.39. The summed E-state index contributed by atoms with van der Waals surface area (Å²) >= 11 is 0. The van der Waals surface area contributed by atoms with Crippen molar-refractivity contribution in [3.8, 4) is 0 Å². The molecule has 0 fully saturated rings. The van der Waals surface area contributed by atoms with Gasteiger partial charge in [-0.25, -0.2) is 13.1 Å². The van der Waals surface area contributed by atoms with Gasteiger partial charge < -0.3 is 10.6 Å². The van der Waals surface area contributed by atoms with Crippen molar-refractivity contribution in [3.63, 3.8) is 0 Å². The van der Waals surface area contributed by atoms with Crippen LogP contribution in [0, 0.1) is 0 Å². The quantitative estimate of drug-likeness (QED) is 0.782. The molecule has 0 radical (unpaired) electrons. The Morgan fingerprint density at radius 3 is 2.42 bits per heavy atom. The highest BCUT2D eigenvalue weighted by molar-refractivity contribution is 7.89. The molecule has 0 aromatic heterocycles. The SMILES string of the molecule is CCC(C)N(CC)c1ccc(S(=O)(=O)NC)c(N)c1. The summed E-state index contributed by atoms with van der Waals surface area (Å²) in [4.78, 5) is 2.32. The van der Waals surface area contributed by atoms with Crippen LogP contribution in [0.4, 0.5) is 11.4 Å². The number of benzene rings is 1. The summed E-state index contributed by atoms with van der Waals surface area (Å²) in [5.41, 5.74) is 7.09. The van der Waals surface area contributed by atoms with Crippen LogP contribution in [0.3, 0.4) is 0 Å². The van der Waals surface area contributed by atoms with Crippen molar-refractivity contribution in [2.45, 2.75) is 38.1 Å². The molecule has 19 heavy (non-hydrogen) atoms. The summed E-state index contributed by atoms with van der Waals surface area (Å²) in [7, 11) is -2.12. The molecule has 5 nitrogen and oxygen atoms in total.